The van der Waals surface area contributed by atoms with Crippen molar-refractivity contribution in [1.82, 2.24) is 15.6 Å². The molecular formula is C19H21N3O3S. The molecule has 0 bridgehead atoms. The molecule has 0 saturated heterocycles. The highest BCUT2D eigenvalue weighted by molar-refractivity contribution is 7.11. The van der Waals surface area contributed by atoms with E-state index in [-0.39, 0.29) is 12.3 Å². The number of carboxylic acids is 1. The summed E-state index contributed by atoms with van der Waals surface area (Å²) in [5.74, 6) is -1.13. The molecule has 3 N–H and O–H groups in total. The molecule has 0 spiro atoms. The lowest BCUT2D eigenvalue weighted by atomic mass is 9.80. The normalized spacial score (nSPS) is 17.4. The Balaban J connectivity index is 1.49. The van der Waals surface area contributed by atoms with Crippen LogP contribution in [0.15, 0.2) is 24.3 Å². The minimum Gasteiger partial charge on any atom is -0.481 e. The van der Waals surface area contributed by atoms with Gasteiger partial charge in [0.25, 0.3) is 0 Å². The van der Waals surface area contributed by atoms with Crippen molar-refractivity contribution in [3.63, 3.8) is 0 Å². The lowest BCUT2D eigenvalue weighted by Gasteiger charge is -2.25. The zero-order valence-corrected chi connectivity index (χ0v) is 15.2. The average Bonchev–Trinajstić information content (AvgIpc) is 3.19. The van der Waals surface area contributed by atoms with Crippen LogP contribution in [0.2, 0.25) is 0 Å². The summed E-state index contributed by atoms with van der Waals surface area (Å²) in [5, 5.41) is 16.5. The summed E-state index contributed by atoms with van der Waals surface area (Å²) in [5.41, 5.74) is 2.35. The second-order valence-corrected chi connectivity index (χ2v) is 8.23. The van der Waals surface area contributed by atoms with Crippen molar-refractivity contribution >= 4 is 23.2 Å². The topological polar surface area (TPSA) is 91.3 Å². The SMILES string of the molecule is O=C(O)CC1(C(=O)NCc2nc3c(s2)CNCC3)Cc2ccccc2C1. The maximum absolute atomic E-state index is 13.0. The van der Waals surface area contributed by atoms with Gasteiger partial charge in [0.2, 0.25) is 5.91 Å². The van der Waals surface area contributed by atoms with Gasteiger partial charge in [-0.05, 0) is 24.0 Å². The molecule has 0 atom stereocenters. The number of carbonyl (C=O) groups excluding carboxylic acids is 1. The number of nitrogens with zero attached hydrogens (tertiary/aromatic N) is 1. The number of benzene rings is 1. The van der Waals surface area contributed by atoms with Gasteiger partial charge in [-0.15, -0.1) is 11.3 Å². The maximum atomic E-state index is 13.0. The van der Waals surface area contributed by atoms with E-state index < -0.39 is 11.4 Å². The van der Waals surface area contributed by atoms with Crippen LogP contribution < -0.4 is 10.6 Å². The Morgan fingerprint density at radius 2 is 2.00 bits per heavy atom. The maximum Gasteiger partial charge on any atom is 0.304 e. The molecule has 26 heavy (non-hydrogen) atoms. The van der Waals surface area contributed by atoms with Crippen molar-refractivity contribution in [2.24, 2.45) is 5.41 Å². The molecule has 0 radical (unpaired) electrons. The Kier molecular flexibility index (Phi) is 4.50. The second-order valence-electron chi connectivity index (χ2n) is 7.06. The molecule has 136 valence electrons. The first-order valence-corrected chi connectivity index (χ1v) is 9.62. The van der Waals surface area contributed by atoms with Crippen LogP contribution in [-0.4, -0.2) is 28.5 Å². The van der Waals surface area contributed by atoms with Crippen LogP contribution in [0.3, 0.4) is 0 Å². The second kappa shape index (κ2) is 6.81. The molecule has 2 heterocycles. The fourth-order valence-corrected chi connectivity index (χ4v) is 4.97. The lowest BCUT2D eigenvalue weighted by Crippen LogP contribution is -2.43. The van der Waals surface area contributed by atoms with E-state index in [0.29, 0.717) is 19.4 Å². The van der Waals surface area contributed by atoms with Crippen molar-refractivity contribution in [1.29, 1.82) is 0 Å². The van der Waals surface area contributed by atoms with Gasteiger partial charge in [0.15, 0.2) is 0 Å². The van der Waals surface area contributed by atoms with E-state index in [9.17, 15) is 14.7 Å². The highest BCUT2D eigenvalue weighted by atomic mass is 32.1. The number of thiazole rings is 1. The highest BCUT2D eigenvalue weighted by Gasteiger charge is 2.45. The molecule has 1 aromatic carbocycles. The van der Waals surface area contributed by atoms with Crippen LogP contribution in [0, 0.1) is 5.41 Å². The largest absolute Gasteiger partial charge is 0.481 e. The lowest BCUT2D eigenvalue weighted by molar-refractivity contribution is -0.145. The number of aromatic nitrogens is 1. The van der Waals surface area contributed by atoms with Gasteiger partial charge >= 0.3 is 5.97 Å². The average molecular weight is 371 g/mol. The summed E-state index contributed by atoms with van der Waals surface area (Å²) in [4.78, 5) is 30.3. The third-order valence-electron chi connectivity index (χ3n) is 5.19. The molecular weight excluding hydrogens is 350 g/mol. The van der Waals surface area contributed by atoms with E-state index in [2.05, 4.69) is 15.6 Å². The molecule has 1 aliphatic heterocycles. The van der Waals surface area contributed by atoms with E-state index in [1.165, 1.54) is 4.88 Å². The van der Waals surface area contributed by atoms with Crippen molar-refractivity contribution in [3.05, 3.63) is 51.0 Å². The molecule has 4 rings (SSSR count). The van der Waals surface area contributed by atoms with Crippen LogP contribution in [0.1, 0.15) is 33.1 Å². The van der Waals surface area contributed by atoms with Crippen LogP contribution >= 0.6 is 11.3 Å². The number of nitrogens with one attached hydrogen (secondary N) is 2. The smallest absolute Gasteiger partial charge is 0.304 e. The van der Waals surface area contributed by atoms with Gasteiger partial charge in [-0.3, -0.25) is 9.59 Å². The number of hydrogen-bond acceptors (Lipinski definition) is 5. The number of hydrogen-bond donors (Lipinski definition) is 3. The number of rotatable bonds is 5. The van der Waals surface area contributed by atoms with Crippen LogP contribution in [0.25, 0.3) is 0 Å². The van der Waals surface area contributed by atoms with Crippen molar-refractivity contribution in [2.75, 3.05) is 6.54 Å². The van der Waals surface area contributed by atoms with Gasteiger partial charge in [-0.2, -0.15) is 0 Å². The highest BCUT2D eigenvalue weighted by Crippen LogP contribution is 2.40. The molecule has 2 aromatic rings. The summed E-state index contributed by atoms with van der Waals surface area (Å²) in [7, 11) is 0. The summed E-state index contributed by atoms with van der Waals surface area (Å²) in [6.45, 7) is 2.12. The number of amides is 1. The first-order chi connectivity index (χ1) is 12.6. The summed E-state index contributed by atoms with van der Waals surface area (Å²) >= 11 is 1.62. The number of fused-ring (bicyclic) bond motifs is 2. The van der Waals surface area contributed by atoms with Gasteiger partial charge in [0, 0.05) is 24.4 Å². The molecule has 0 unspecified atom stereocenters. The molecule has 0 saturated carbocycles. The third kappa shape index (κ3) is 3.24. The van der Waals surface area contributed by atoms with Crippen molar-refractivity contribution < 1.29 is 14.7 Å². The van der Waals surface area contributed by atoms with Gasteiger partial charge in [0.1, 0.15) is 5.01 Å². The Bertz CT molecular complexity index is 813. The third-order valence-corrected chi connectivity index (χ3v) is 6.29. The minimum atomic E-state index is -0.941. The van der Waals surface area contributed by atoms with Crippen LogP contribution in [0.4, 0.5) is 0 Å². The van der Waals surface area contributed by atoms with E-state index in [4.69, 9.17) is 0 Å². The fourth-order valence-electron chi connectivity index (χ4n) is 3.95. The van der Waals surface area contributed by atoms with Crippen LogP contribution in [0.5, 0.6) is 0 Å². The van der Waals surface area contributed by atoms with Crippen molar-refractivity contribution in [2.45, 2.75) is 38.8 Å². The molecule has 6 nitrogen and oxygen atoms in total. The number of aliphatic carboxylic acids is 1. The van der Waals surface area contributed by atoms with Crippen LogP contribution in [-0.2, 0) is 41.9 Å². The van der Waals surface area contributed by atoms with Gasteiger partial charge in [-0.1, -0.05) is 24.3 Å². The van der Waals surface area contributed by atoms with Gasteiger partial charge in [-0.25, -0.2) is 4.98 Å². The molecule has 1 amide bonds. The fraction of sp³-hybridized carbons (Fsp3) is 0.421. The summed E-state index contributed by atoms with van der Waals surface area (Å²) in [6.07, 6.45) is 1.70. The van der Waals surface area contributed by atoms with E-state index >= 15 is 0 Å². The number of carbonyl (C=O) groups is 2. The predicted molar refractivity (Wildman–Crippen MR) is 97.9 cm³/mol. The van der Waals surface area contributed by atoms with Crippen molar-refractivity contribution in [3.8, 4) is 0 Å². The zero-order valence-electron chi connectivity index (χ0n) is 14.4. The summed E-state index contributed by atoms with van der Waals surface area (Å²) < 4.78 is 0. The standard InChI is InChI=1S/C19H21N3O3S/c23-17(24)9-19(7-12-3-1-2-4-13(12)8-19)18(25)21-11-16-22-14-5-6-20-10-15(14)26-16/h1-4,20H,5-11H2,(H,21,25)(H,23,24). The predicted octanol–water partition coefficient (Wildman–Crippen LogP) is 1.66. The molecule has 1 aromatic heterocycles. The Morgan fingerprint density at radius 3 is 2.65 bits per heavy atom. The first kappa shape index (κ1) is 17.2. The number of carboxylic acid groups (broad SMARTS) is 1. The Labute approximate surface area is 155 Å². The zero-order chi connectivity index (χ0) is 18.1. The summed E-state index contributed by atoms with van der Waals surface area (Å²) in [6, 6.07) is 7.82. The Hall–Kier alpha value is -2.25. The molecule has 1 aliphatic carbocycles. The van der Waals surface area contributed by atoms with E-state index in [0.717, 1.165) is 41.3 Å². The Morgan fingerprint density at radius 1 is 1.27 bits per heavy atom. The quantitative estimate of drug-likeness (QED) is 0.744. The van der Waals surface area contributed by atoms with E-state index in [1.807, 2.05) is 24.3 Å². The van der Waals surface area contributed by atoms with Gasteiger partial charge < -0.3 is 15.7 Å². The van der Waals surface area contributed by atoms with Gasteiger partial charge in [0.05, 0.1) is 24.1 Å². The van der Waals surface area contributed by atoms with E-state index in [1.54, 1.807) is 11.3 Å². The molecule has 7 heteroatoms. The monoisotopic (exact) mass is 371 g/mol. The molecule has 0 fully saturated rings. The first-order valence-electron chi connectivity index (χ1n) is 8.81. The molecule has 2 aliphatic rings. The minimum absolute atomic E-state index is 0.161.